The number of anilines is 3. The van der Waals surface area contributed by atoms with Gasteiger partial charge in [-0.25, -0.2) is 4.98 Å². The van der Waals surface area contributed by atoms with Gasteiger partial charge in [0.2, 0.25) is 0 Å². The van der Waals surface area contributed by atoms with Crippen LogP contribution in [0.25, 0.3) is 0 Å². The van der Waals surface area contributed by atoms with Gasteiger partial charge in [0.25, 0.3) is 5.91 Å². The van der Waals surface area contributed by atoms with Crippen LogP contribution in [0.15, 0.2) is 53.3 Å². The van der Waals surface area contributed by atoms with E-state index in [0.717, 1.165) is 11.4 Å². The molecule has 0 saturated heterocycles. The highest BCUT2D eigenvalue weighted by molar-refractivity contribution is 6.01. The first-order chi connectivity index (χ1) is 11.5. The van der Waals surface area contributed by atoms with Crippen molar-refractivity contribution >= 4 is 23.1 Å². The lowest BCUT2D eigenvalue weighted by molar-refractivity contribution is 0.0996. The Bertz CT molecular complexity index is 830. The third-order valence-corrected chi connectivity index (χ3v) is 3.70. The van der Waals surface area contributed by atoms with Gasteiger partial charge in [0.05, 0.1) is 18.1 Å². The van der Waals surface area contributed by atoms with Crippen molar-refractivity contribution in [3.05, 3.63) is 71.3 Å². The van der Waals surface area contributed by atoms with Crippen molar-refractivity contribution in [1.29, 1.82) is 0 Å². The van der Waals surface area contributed by atoms with Crippen LogP contribution in [0.3, 0.4) is 0 Å². The zero-order valence-electron chi connectivity index (χ0n) is 13.9. The molecular weight excluding hydrogens is 302 g/mol. The first-order valence-electron chi connectivity index (χ1n) is 7.69. The third-order valence-electron chi connectivity index (χ3n) is 3.70. The predicted octanol–water partition coefficient (Wildman–Crippen LogP) is 4.60. The first kappa shape index (κ1) is 15.8. The summed E-state index contributed by atoms with van der Waals surface area (Å²) >= 11 is 0. The largest absolute Gasteiger partial charge is 0.459 e. The average molecular weight is 321 g/mol. The van der Waals surface area contributed by atoms with E-state index in [-0.39, 0.29) is 11.7 Å². The molecule has 3 aromatic rings. The van der Waals surface area contributed by atoms with Crippen LogP contribution in [0.1, 0.15) is 27.2 Å². The van der Waals surface area contributed by atoms with Crippen molar-refractivity contribution in [3.8, 4) is 0 Å². The van der Waals surface area contributed by atoms with Crippen LogP contribution in [0.2, 0.25) is 0 Å². The van der Waals surface area contributed by atoms with Gasteiger partial charge in [-0.05, 0) is 56.2 Å². The molecule has 0 aliphatic carbocycles. The highest BCUT2D eigenvalue weighted by atomic mass is 16.3. The van der Waals surface area contributed by atoms with Crippen molar-refractivity contribution < 1.29 is 9.21 Å². The molecule has 0 saturated carbocycles. The second-order valence-corrected chi connectivity index (χ2v) is 5.76. The molecule has 2 heterocycles. The second-order valence-electron chi connectivity index (χ2n) is 5.76. The minimum absolute atomic E-state index is 0.255. The van der Waals surface area contributed by atoms with Gasteiger partial charge in [-0.2, -0.15) is 0 Å². The molecular formula is C19H19N3O2. The molecule has 24 heavy (non-hydrogen) atoms. The molecule has 1 amide bonds. The molecule has 0 unspecified atom stereocenters. The fourth-order valence-corrected chi connectivity index (χ4v) is 2.65. The van der Waals surface area contributed by atoms with Crippen LogP contribution in [0.5, 0.6) is 0 Å². The molecule has 0 radical (unpaired) electrons. The Kier molecular flexibility index (Phi) is 4.33. The zero-order valence-corrected chi connectivity index (χ0v) is 13.9. The highest BCUT2D eigenvalue weighted by Crippen LogP contribution is 2.26. The van der Waals surface area contributed by atoms with E-state index in [9.17, 15) is 4.79 Å². The molecule has 122 valence electrons. The number of carbonyl (C=O) groups excluding carboxylic acids is 1. The lowest BCUT2D eigenvalue weighted by Gasteiger charge is -2.14. The monoisotopic (exact) mass is 321 g/mol. The highest BCUT2D eigenvalue weighted by Gasteiger charge is 2.09. The number of pyridine rings is 1. The summed E-state index contributed by atoms with van der Waals surface area (Å²) in [7, 11) is 0. The van der Waals surface area contributed by atoms with Crippen LogP contribution in [0.4, 0.5) is 17.2 Å². The smallest absolute Gasteiger partial charge is 0.292 e. The SMILES string of the molecule is Cc1cc(C)c(Nc2ccc(NC(=O)c3ccco3)nc2)c(C)c1. The Hall–Kier alpha value is -3.08. The Morgan fingerprint density at radius 1 is 1.08 bits per heavy atom. The fraction of sp³-hybridized carbons (Fsp3) is 0.158. The number of benzene rings is 1. The van der Waals surface area contributed by atoms with E-state index >= 15 is 0 Å². The van der Waals surface area contributed by atoms with Crippen LogP contribution in [-0.2, 0) is 0 Å². The van der Waals surface area contributed by atoms with Crippen molar-refractivity contribution in [3.63, 3.8) is 0 Å². The maximum atomic E-state index is 11.9. The summed E-state index contributed by atoms with van der Waals surface area (Å²) in [5.41, 5.74) is 5.55. The van der Waals surface area contributed by atoms with Crippen LogP contribution >= 0.6 is 0 Å². The van der Waals surface area contributed by atoms with Crippen LogP contribution < -0.4 is 10.6 Å². The predicted molar refractivity (Wildman–Crippen MR) is 94.8 cm³/mol. The van der Waals surface area contributed by atoms with Gasteiger partial charge >= 0.3 is 0 Å². The van der Waals surface area contributed by atoms with E-state index in [1.807, 2.05) is 6.07 Å². The quantitative estimate of drug-likeness (QED) is 0.737. The second kappa shape index (κ2) is 6.58. The summed E-state index contributed by atoms with van der Waals surface area (Å²) in [6.07, 6.45) is 3.15. The molecule has 5 nitrogen and oxygen atoms in total. The summed E-state index contributed by atoms with van der Waals surface area (Å²) in [6.45, 7) is 6.24. The number of furan rings is 1. The van der Waals surface area contributed by atoms with E-state index in [0.29, 0.717) is 5.82 Å². The van der Waals surface area contributed by atoms with E-state index < -0.39 is 0 Å². The number of rotatable bonds is 4. The van der Waals surface area contributed by atoms with Crippen LogP contribution in [0, 0.1) is 20.8 Å². The molecule has 0 aliphatic rings. The van der Waals surface area contributed by atoms with Gasteiger partial charge in [0.1, 0.15) is 5.82 Å². The number of amides is 1. The first-order valence-corrected chi connectivity index (χ1v) is 7.69. The van der Waals surface area contributed by atoms with E-state index in [4.69, 9.17) is 4.42 Å². The number of aryl methyl sites for hydroxylation is 3. The van der Waals surface area contributed by atoms with Gasteiger partial charge in [0.15, 0.2) is 5.76 Å². The maximum Gasteiger partial charge on any atom is 0.292 e. The van der Waals surface area contributed by atoms with Gasteiger partial charge in [0, 0.05) is 5.69 Å². The summed E-state index contributed by atoms with van der Waals surface area (Å²) < 4.78 is 5.05. The minimum atomic E-state index is -0.321. The molecule has 3 rings (SSSR count). The Labute approximate surface area is 140 Å². The van der Waals surface area contributed by atoms with Crippen molar-refractivity contribution in [2.24, 2.45) is 0 Å². The van der Waals surface area contributed by atoms with Gasteiger partial charge in [-0.3, -0.25) is 4.79 Å². The normalized spacial score (nSPS) is 10.5. The van der Waals surface area contributed by atoms with Crippen molar-refractivity contribution in [1.82, 2.24) is 4.98 Å². The molecule has 0 fully saturated rings. The summed E-state index contributed by atoms with van der Waals surface area (Å²) in [4.78, 5) is 16.2. The fourth-order valence-electron chi connectivity index (χ4n) is 2.65. The van der Waals surface area contributed by atoms with E-state index in [2.05, 4.69) is 48.5 Å². The average Bonchev–Trinajstić information content (AvgIpc) is 3.07. The Morgan fingerprint density at radius 2 is 1.83 bits per heavy atom. The number of hydrogen-bond donors (Lipinski definition) is 2. The standard InChI is InChI=1S/C19H19N3O2/c1-12-9-13(2)18(14(3)10-12)21-15-6-7-17(20-11-15)22-19(23)16-5-4-8-24-16/h4-11,21H,1-3H3,(H,20,22,23). The zero-order chi connectivity index (χ0) is 17.1. The van der Waals surface area contributed by atoms with Crippen molar-refractivity contribution in [2.45, 2.75) is 20.8 Å². The molecule has 0 spiro atoms. The van der Waals surface area contributed by atoms with E-state index in [1.165, 1.54) is 23.0 Å². The molecule has 0 atom stereocenters. The molecule has 2 N–H and O–H groups in total. The number of carbonyl (C=O) groups is 1. The topological polar surface area (TPSA) is 67.2 Å². The number of hydrogen-bond acceptors (Lipinski definition) is 4. The summed E-state index contributed by atoms with van der Waals surface area (Å²) in [5.74, 6) is 0.405. The minimum Gasteiger partial charge on any atom is -0.459 e. The number of nitrogens with one attached hydrogen (secondary N) is 2. The van der Waals surface area contributed by atoms with E-state index in [1.54, 1.807) is 24.4 Å². The van der Waals surface area contributed by atoms with Gasteiger partial charge in [-0.15, -0.1) is 0 Å². The summed E-state index contributed by atoms with van der Waals surface area (Å²) in [5, 5.41) is 6.08. The maximum absolute atomic E-state index is 11.9. The number of nitrogens with zero attached hydrogens (tertiary/aromatic N) is 1. The lowest BCUT2D eigenvalue weighted by atomic mass is 10.0. The number of aromatic nitrogens is 1. The molecule has 1 aromatic carbocycles. The Morgan fingerprint density at radius 3 is 2.42 bits per heavy atom. The molecule has 5 heteroatoms. The van der Waals surface area contributed by atoms with Gasteiger partial charge < -0.3 is 15.1 Å². The lowest BCUT2D eigenvalue weighted by Crippen LogP contribution is -2.11. The molecule has 0 bridgehead atoms. The van der Waals surface area contributed by atoms with Crippen LogP contribution in [-0.4, -0.2) is 10.9 Å². The molecule has 0 aliphatic heterocycles. The third kappa shape index (κ3) is 3.46. The summed E-state index contributed by atoms with van der Waals surface area (Å²) in [6, 6.07) is 11.2. The molecule has 2 aromatic heterocycles. The Balaban J connectivity index is 1.72. The van der Waals surface area contributed by atoms with Crippen molar-refractivity contribution in [2.75, 3.05) is 10.6 Å². The van der Waals surface area contributed by atoms with Gasteiger partial charge in [-0.1, -0.05) is 17.7 Å².